The number of fused-ring (bicyclic) bond motifs is 3. The van der Waals surface area contributed by atoms with Gasteiger partial charge in [-0.25, -0.2) is 0 Å². The van der Waals surface area contributed by atoms with Gasteiger partial charge in [-0.2, -0.15) is 0 Å². The second kappa shape index (κ2) is 5.41. The minimum Gasteiger partial charge on any atom is -0.312 e. The van der Waals surface area contributed by atoms with E-state index in [4.69, 9.17) is 0 Å². The van der Waals surface area contributed by atoms with Gasteiger partial charge in [0, 0.05) is 41.7 Å². The average Bonchev–Trinajstić information content (AvgIpc) is 3.02. The molecule has 0 aliphatic carbocycles. The number of thiophene rings is 1. The number of aromatic nitrogens is 1. The lowest BCUT2D eigenvalue weighted by Crippen LogP contribution is -2.26. The van der Waals surface area contributed by atoms with Crippen molar-refractivity contribution in [3.05, 3.63) is 58.1 Å². The summed E-state index contributed by atoms with van der Waals surface area (Å²) in [4.78, 5) is 5.20. The van der Waals surface area contributed by atoms with Crippen LogP contribution in [0.3, 0.4) is 0 Å². The summed E-state index contributed by atoms with van der Waals surface area (Å²) in [6.45, 7) is 4.41. The normalized spacial score (nSPS) is 15.7. The fraction of sp³-hybridized carbons (Fsp3) is 0.263. The van der Waals surface area contributed by atoms with E-state index in [1.807, 2.05) is 11.3 Å². The molecule has 0 amide bonds. The highest BCUT2D eigenvalue weighted by molar-refractivity contribution is 7.18. The molecular weight excluding hydrogens is 288 g/mol. The maximum Gasteiger partial charge on any atom is 0.107 e. The van der Waals surface area contributed by atoms with Crippen LogP contribution in [0.4, 0.5) is 0 Å². The predicted octanol–water partition coefficient (Wildman–Crippen LogP) is 4.63. The summed E-state index contributed by atoms with van der Waals surface area (Å²) in [6, 6.07) is 12.9. The van der Waals surface area contributed by atoms with Gasteiger partial charge in [-0.1, -0.05) is 30.3 Å². The van der Waals surface area contributed by atoms with Crippen LogP contribution in [0.25, 0.3) is 22.5 Å². The molecule has 0 fully saturated rings. The lowest BCUT2D eigenvalue weighted by molar-refractivity contribution is 0.312. The number of aryl methyl sites for hydroxylation is 1. The summed E-state index contributed by atoms with van der Waals surface area (Å²) in [7, 11) is 2.21. The van der Waals surface area contributed by atoms with Crippen molar-refractivity contribution in [2.75, 3.05) is 13.6 Å². The summed E-state index contributed by atoms with van der Waals surface area (Å²) in [6.07, 6.45) is 5.59. The second-order valence-electron chi connectivity index (χ2n) is 6.09. The first kappa shape index (κ1) is 13.8. The van der Waals surface area contributed by atoms with Gasteiger partial charge in [0.2, 0.25) is 0 Å². The van der Waals surface area contributed by atoms with Crippen LogP contribution in [0.1, 0.15) is 21.7 Å². The lowest BCUT2D eigenvalue weighted by Gasteiger charge is -2.23. The van der Waals surface area contributed by atoms with E-state index in [1.165, 1.54) is 31.9 Å². The summed E-state index contributed by atoms with van der Waals surface area (Å²) >= 11 is 1.90. The highest BCUT2D eigenvalue weighted by Gasteiger charge is 2.22. The fourth-order valence-electron chi connectivity index (χ4n) is 3.30. The Morgan fingerprint density at radius 1 is 1.18 bits per heavy atom. The summed E-state index contributed by atoms with van der Waals surface area (Å²) in [5, 5.41) is 1.45. The van der Waals surface area contributed by atoms with Crippen molar-refractivity contribution in [3.63, 3.8) is 0 Å². The van der Waals surface area contributed by atoms with Gasteiger partial charge in [0.15, 0.2) is 0 Å². The lowest BCUT2D eigenvalue weighted by atomic mass is 10.1. The molecule has 0 unspecified atom stereocenters. The largest absolute Gasteiger partial charge is 0.312 e. The molecule has 3 heteroatoms. The molecule has 22 heavy (non-hydrogen) atoms. The Bertz CT molecular complexity index is 839. The van der Waals surface area contributed by atoms with E-state index in [-0.39, 0.29) is 0 Å². The molecule has 3 heterocycles. The molecule has 3 aromatic rings. The van der Waals surface area contributed by atoms with E-state index >= 15 is 0 Å². The SMILES string of the molecule is Cc1cc2c3c(n(/C=C/c4ccccc4)c2s1)CCN(C)C3. The van der Waals surface area contributed by atoms with Crippen LogP contribution in [0.5, 0.6) is 0 Å². The minimum absolute atomic E-state index is 1.06. The van der Waals surface area contributed by atoms with Crippen LogP contribution in [0, 0.1) is 6.92 Å². The van der Waals surface area contributed by atoms with Crippen LogP contribution in [0.2, 0.25) is 0 Å². The van der Waals surface area contributed by atoms with E-state index in [0.717, 1.165) is 19.5 Å². The Balaban J connectivity index is 1.84. The molecule has 2 aromatic heterocycles. The maximum atomic E-state index is 2.42. The highest BCUT2D eigenvalue weighted by atomic mass is 32.1. The van der Waals surface area contributed by atoms with Crippen LogP contribution in [-0.4, -0.2) is 23.1 Å². The monoisotopic (exact) mass is 308 g/mol. The maximum absolute atomic E-state index is 2.42. The van der Waals surface area contributed by atoms with Crippen molar-refractivity contribution in [3.8, 4) is 0 Å². The van der Waals surface area contributed by atoms with Gasteiger partial charge in [0.25, 0.3) is 0 Å². The number of rotatable bonds is 2. The van der Waals surface area contributed by atoms with Gasteiger partial charge in [0.05, 0.1) is 0 Å². The zero-order chi connectivity index (χ0) is 15.1. The quantitative estimate of drug-likeness (QED) is 0.670. The van der Waals surface area contributed by atoms with Crippen LogP contribution < -0.4 is 0 Å². The molecule has 1 aliphatic heterocycles. The molecule has 0 bridgehead atoms. The third-order valence-corrected chi connectivity index (χ3v) is 5.44. The Kier molecular flexibility index (Phi) is 3.40. The highest BCUT2D eigenvalue weighted by Crippen LogP contribution is 2.36. The topological polar surface area (TPSA) is 8.17 Å². The van der Waals surface area contributed by atoms with Gasteiger partial charge in [-0.05, 0) is 37.2 Å². The first-order valence-corrected chi connectivity index (χ1v) is 8.58. The first-order chi connectivity index (χ1) is 10.7. The van der Waals surface area contributed by atoms with E-state index < -0.39 is 0 Å². The number of hydrogen-bond acceptors (Lipinski definition) is 2. The molecule has 0 N–H and O–H groups in total. The Morgan fingerprint density at radius 2 is 2.00 bits per heavy atom. The summed E-state index contributed by atoms with van der Waals surface area (Å²) < 4.78 is 2.42. The van der Waals surface area contributed by atoms with Crippen molar-refractivity contribution in [2.45, 2.75) is 19.9 Å². The molecule has 4 rings (SSSR count). The average molecular weight is 308 g/mol. The summed E-state index contributed by atoms with van der Waals surface area (Å²) in [5.74, 6) is 0. The molecule has 0 radical (unpaired) electrons. The molecule has 0 atom stereocenters. The van der Waals surface area contributed by atoms with Crippen LogP contribution in [0.15, 0.2) is 36.4 Å². The van der Waals surface area contributed by atoms with Crippen molar-refractivity contribution in [1.29, 1.82) is 0 Å². The number of likely N-dealkylation sites (N-methyl/N-ethyl adjacent to an activating group) is 1. The number of hydrogen-bond donors (Lipinski definition) is 0. The van der Waals surface area contributed by atoms with Crippen molar-refractivity contribution in [2.24, 2.45) is 0 Å². The molecule has 1 aromatic carbocycles. The fourth-order valence-corrected chi connectivity index (χ4v) is 4.34. The number of nitrogens with zero attached hydrogens (tertiary/aromatic N) is 2. The standard InChI is InChI=1S/C19H20N2S/c1-14-12-16-17-13-20(2)10-9-18(17)21(19(16)22-14)11-8-15-6-4-3-5-7-15/h3-8,11-12H,9-10,13H2,1-2H3/b11-8+. The third-order valence-electron chi connectivity index (χ3n) is 4.39. The summed E-state index contributed by atoms with van der Waals surface area (Å²) in [5.41, 5.74) is 4.26. The Labute approximate surface area is 135 Å². The van der Waals surface area contributed by atoms with Gasteiger partial charge < -0.3 is 9.47 Å². The zero-order valence-corrected chi connectivity index (χ0v) is 13.9. The Morgan fingerprint density at radius 3 is 2.82 bits per heavy atom. The van der Waals surface area contributed by atoms with E-state index in [9.17, 15) is 0 Å². The minimum atomic E-state index is 1.06. The molecule has 0 spiro atoms. The number of benzene rings is 1. The molecule has 2 nitrogen and oxygen atoms in total. The second-order valence-corrected chi connectivity index (χ2v) is 7.32. The zero-order valence-electron chi connectivity index (χ0n) is 13.0. The van der Waals surface area contributed by atoms with E-state index in [1.54, 1.807) is 0 Å². The Hall–Kier alpha value is -1.84. The van der Waals surface area contributed by atoms with Crippen LogP contribution in [-0.2, 0) is 13.0 Å². The van der Waals surface area contributed by atoms with E-state index in [2.05, 4.69) is 72.1 Å². The molecule has 0 saturated carbocycles. The molecule has 0 saturated heterocycles. The van der Waals surface area contributed by atoms with Gasteiger partial charge in [-0.15, -0.1) is 11.3 Å². The van der Waals surface area contributed by atoms with Crippen molar-refractivity contribution >= 4 is 33.8 Å². The predicted molar refractivity (Wildman–Crippen MR) is 96.3 cm³/mol. The molecule has 1 aliphatic rings. The van der Waals surface area contributed by atoms with Crippen molar-refractivity contribution < 1.29 is 0 Å². The van der Waals surface area contributed by atoms with Gasteiger partial charge in [-0.3, -0.25) is 0 Å². The van der Waals surface area contributed by atoms with Crippen LogP contribution >= 0.6 is 11.3 Å². The molecular formula is C19H20N2S. The smallest absolute Gasteiger partial charge is 0.107 e. The first-order valence-electron chi connectivity index (χ1n) is 7.76. The van der Waals surface area contributed by atoms with E-state index in [0.29, 0.717) is 0 Å². The van der Waals surface area contributed by atoms with Gasteiger partial charge in [0.1, 0.15) is 4.83 Å². The molecule has 112 valence electrons. The van der Waals surface area contributed by atoms with Crippen molar-refractivity contribution in [1.82, 2.24) is 9.47 Å². The van der Waals surface area contributed by atoms with Gasteiger partial charge >= 0.3 is 0 Å². The third kappa shape index (κ3) is 2.31.